The highest BCUT2D eigenvalue weighted by atomic mass is 79.9. The number of halogens is 1. The Morgan fingerprint density at radius 2 is 2.05 bits per heavy atom. The van der Waals surface area contributed by atoms with Crippen LogP contribution in [0, 0.1) is 0 Å². The van der Waals surface area contributed by atoms with Crippen molar-refractivity contribution in [2.24, 2.45) is 7.05 Å². The number of hydrogen-bond donors (Lipinski definition) is 1. The molecule has 0 bridgehead atoms. The third kappa shape index (κ3) is 2.90. The Hall–Kier alpha value is -1.13. The predicted octanol–water partition coefficient (Wildman–Crippen LogP) is 3.22. The van der Waals surface area contributed by atoms with Crippen LogP contribution in [0.4, 0.5) is 0 Å². The first-order valence-corrected chi connectivity index (χ1v) is 7.46. The number of imidazole rings is 1. The fraction of sp³-hybridized carbons (Fsp3) is 0.400. The smallest absolute Gasteiger partial charge is 0.122 e. The fourth-order valence-corrected chi connectivity index (χ4v) is 2.86. The number of aryl methyl sites for hydroxylation is 1. The number of rotatable bonds is 4. The molecule has 1 N–H and O–H groups in total. The van der Waals surface area contributed by atoms with E-state index >= 15 is 0 Å². The molecule has 1 aromatic carbocycles. The third-order valence-corrected chi connectivity index (χ3v) is 4.48. The molecule has 0 radical (unpaired) electrons. The molecule has 19 heavy (non-hydrogen) atoms. The Morgan fingerprint density at radius 1 is 1.32 bits per heavy atom. The van der Waals surface area contributed by atoms with Crippen molar-refractivity contribution in [2.75, 3.05) is 0 Å². The number of nitrogens with one attached hydrogen (secondary N) is 1. The average Bonchev–Trinajstić information content (AvgIpc) is 2.75. The Bertz CT molecular complexity index is 541. The minimum absolute atomic E-state index is 0.630. The van der Waals surface area contributed by atoms with Gasteiger partial charge in [0, 0.05) is 30.0 Å². The van der Waals surface area contributed by atoms with Crippen molar-refractivity contribution in [3.63, 3.8) is 0 Å². The summed E-state index contributed by atoms with van der Waals surface area (Å²) in [6.45, 7) is 0.862. The molecule has 1 aromatic heterocycles. The van der Waals surface area contributed by atoms with Gasteiger partial charge in [0.05, 0.1) is 6.54 Å². The first kappa shape index (κ1) is 12.9. The van der Waals surface area contributed by atoms with Crippen molar-refractivity contribution in [3.8, 4) is 0 Å². The van der Waals surface area contributed by atoms with Crippen LogP contribution in [0.1, 0.15) is 30.1 Å². The molecular weight excluding hydrogens is 302 g/mol. The normalized spacial score (nSPS) is 22.2. The van der Waals surface area contributed by atoms with Gasteiger partial charge in [0.25, 0.3) is 0 Å². The lowest BCUT2D eigenvalue weighted by atomic mass is 9.76. The standard InChI is InChI=1S/C15H18BrN3/c1-19-7-6-17-15(19)10-18-14-8-12(9-14)11-2-4-13(16)5-3-11/h2-7,12,14,18H,8-10H2,1H3. The molecule has 1 aliphatic carbocycles. The van der Waals surface area contributed by atoms with Crippen LogP contribution in [0.5, 0.6) is 0 Å². The highest BCUT2D eigenvalue weighted by molar-refractivity contribution is 9.10. The second kappa shape index (κ2) is 5.47. The van der Waals surface area contributed by atoms with Crippen molar-refractivity contribution in [1.29, 1.82) is 0 Å². The molecule has 3 nitrogen and oxygen atoms in total. The zero-order valence-electron chi connectivity index (χ0n) is 11.0. The molecule has 0 saturated heterocycles. The van der Waals surface area contributed by atoms with Crippen LogP contribution in [-0.4, -0.2) is 15.6 Å². The van der Waals surface area contributed by atoms with Crippen molar-refractivity contribution < 1.29 is 0 Å². The Balaban J connectivity index is 1.48. The maximum absolute atomic E-state index is 4.33. The highest BCUT2D eigenvalue weighted by Crippen LogP contribution is 2.37. The molecule has 1 saturated carbocycles. The highest BCUT2D eigenvalue weighted by Gasteiger charge is 2.29. The molecule has 1 fully saturated rings. The van der Waals surface area contributed by atoms with Gasteiger partial charge in [0.15, 0.2) is 0 Å². The quantitative estimate of drug-likeness (QED) is 0.937. The maximum Gasteiger partial charge on any atom is 0.122 e. The molecule has 0 amide bonds. The van der Waals surface area contributed by atoms with E-state index in [-0.39, 0.29) is 0 Å². The van der Waals surface area contributed by atoms with E-state index < -0.39 is 0 Å². The van der Waals surface area contributed by atoms with E-state index in [0.29, 0.717) is 12.0 Å². The lowest BCUT2D eigenvalue weighted by Gasteiger charge is -2.36. The van der Waals surface area contributed by atoms with Gasteiger partial charge < -0.3 is 9.88 Å². The Labute approximate surface area is 122 Å². The summed E-state index contributed by atoms with van der Waals surface area (Å²) in [7, 11) is 2.04. The van der Waals surface area contributed by atoms with Gasteiger partial charge in [0.1, 0.15) is 5.82 Å². The van der Waals surface area contributed by atoms with Crippen LogP contribution in [0.3, 0.4) is 0 Å². The maximum atomic E-state index is 4.33. The average molecular weight is 320 g/mol. The third-order valence-electron chi connectivity index (χ3n) is 3.95. The van der Waals surface area contributed by atoms with Gasteiger partial charge in [-0.3, -0.25) is 0 Å². The molecule has 0 atom stereocenters. The number of hydrogen-bond acceptors (Lipinski definition) is 2. The van der Waals surface area contributed by atoms with Gasteiger partial charge in [-0.2, -0.15) is 0 Å². The van der Waals surface area contributed by atoms with E-state index in [4.69, 9.17) is 0 Å². The monoisotopic (exact) mass is 319 g/mol. The van der Waals surface area contributed by atoms with Gasteiger partial charge >= 0.3 is 0 Å². The molecule has 1 aliphatic rings. The van der Waals surface area contributed by atoms with Crippen molar-refractivity contribution in [3.05, 3.63) is 52.5 Å². The van der Waals surface area contributed by atoms with Gasteiger partial charge in [-0.05, 0) is 36.5 Å². The molecule has 2 aromatic rings. The van der Waals surface area contributed by atoms with Crippen LogP contribution in [0.25, 0.3) is 0 Å². The SMILES string of the molecule is Cn1ccnc1CNC1CC(c2ccc(Br)cc2)C1. The molecule has 0 spiro atoms. The molecule has 0 unspecified atom stereocenters. The van der Waals surface area contributed by atoms with Crippen molar-refractivity contribution >= 4 is 15.9 Å². The summed E-state index contributed by atoms with van der Waals surface area (Å²) in [5.74, 6) is 1.82. The largest absolute Gasteiger partial charge is 0.337 e. The van der Waals surface area contributed by atoms with Crippen LogP contribution in [-0.2, 0) is 13.6 Å². The second-order valence-electron chi connectivity index (χ2n) is 5.25. The minimum atomic E-state index is 0.630. The summed E-state index contributed by atoms with van der Waals surface area (Å²) in [6, 6.07) is 9.34. The topological polar surface area (TPSA) is 29.9 Å². The van der Waals surface area contributed by atoms with E-state index in [9.17, 15) is 0 Å². The summed E-state index contributed by atoms with van der Waals surface area (Å²) in [5, 5.41) is 3.58. The first-order chi connectivity index (χ1) is 9.22. The van der Waals surface area contributed by atoms with Crippen LogP contribution in [0.2, 0.25) is 0 Å². The van der Waals surface area contributed by atoms with Crippen LogP contribution >= 0.6 is 15.9 Å². The first-order valence-electron chi connectivity index (χ1n) is 6.67. The number of nitrogens with zero attached hydrogens (tertiary/aromatic N) is 2. The summed E-state index contributed by atoms with van der Waals surface area (Å²) in [4.78, 5) is 4.33. The molecule has 1 heterocycles. The van der Waals surface area contributed by atoms with Gasteiger partial charge in [-0.15, -0.1) is 0 Å². The predicted molar refractivity (Wildman–Crippen MR) is 80.0 cm³/mol. The molecular formula is C15H18BrN3. The molecule has 3 rings (SSSR count). The second-order valence-corrected chi connectivity index (χ2v) is 6.17. The number of aromatic nitrogens is 2. The lowest BCUT2D eigenvalue weighted by molar-refractivity contribution is 0.286. The Kier molecular flexibility index (Phi) is 3.71. The lowest BCUT2D eigenvalue weighted by Crippen LogP contribution is -2.40. The van der Waals surface area contributed by atoms with Gasteiger partial charge in [-0.25, -0.2) is 4.98 Å². The minimum Gasteiger partial charge on any atom is -0.337 e. The summed E-state index contributed by atoms with van der Waals surface area (Å²) in [5.41, 5.74) is 1.46. The fourth-order valence-electron chi connectivity index (χ4n) is 2.59. The van der Waals surface area contributed by atoms with Crippen molar-refractivity contribution in [2.45, 2.75) is 31.3 Å². The van der Waals surface area contributed by atoms with E-state index in [0.717, 1.165) is 16.8 Å². The zero-order valence-corrected chi connectivity index (χ0v) is 12.6. The van der Waals surface area contributed by atoms with E-state index in [1.165, 1.54) is 18.4 Å². The van der Waals surface area contributed by atoms with E-state index in [1.54, 1.807) is 0 Å². The number of benzene rings is 1. The van der Waals surface area contributed by atoms with Gasteiger partial charge in [-0.1, -0.05) is 28.1 Å². The molecule has 100 valence electrons. The van der Waals surface area contributed by atoms with E-state index in [2.05, 4.69) is 55.1 Å². The summed E-state index contributed by atoms with van der Waals surface area (Å²) < 4.78 is 3.22. The van der Waals surface area contributed by atoms with Gasteiger partial charge in [0.2, 0.25) is 0 Å². The van der Waals surface area contributed by atoms with Crippen LogP contribution in [0.15, 0.2) is 41.1 Å². The summed E-state index contributed by atoms with van der Waals surface area (Å²) >= 11 is 3.48. The van der Waals surface area contributed by atoms with E-state index in [1.807, 2.05) is 19.4 Å². The summed E-state index contributed by atoms with van der Waals surface area (Å²) in [6.07, 6.45) is 6.29. The van der Waals surface area contributed by atoms with Crippen LogP contribution < -0.4 is 5.32 Å². The zero-order chi connectivity index (χ0) is 13.2. The molecule has 4 heteroatoms. The Morgan fingerprint density at radius 3 is 2.68 bits per heavy atom. The molecule has 0 aliphatic heterocycles. The van der Waals surface area contributed by atoms with Crippen molar-refractivity contribution in [1.82, 2.24) is 14.9 Å².